The first-order valence-electron chi connectivity index (χ1n) is 9.73. The van der Waals surface area contributed by atoms with Crippen molar-refractivity contribution in [1.82, 2.24) is 4.90 Å². The number of nitrogens with two attached hydrogens (primary N) is 1. The maximum Gasteiger partial charge on any atom is 0.223 e. The van der Waals surface area contributed by atoms with Crippen LogP contribution in [-0.2, 0) is 17.6 Å². The first-order chi connectivity index (χ1) is 12.0. The van der Waals surface area contributed by atoms with Gasteiger partial charge in [-0.2, -0.15) is 0 Å². The smallest absolute Gasteiger partial charge is 0.223 e. The molecule has 4 nitrogen and oxygen atoms in total. The number of piperidine rings is 1. The molecule has 1 fully saturated rings. The molecule has 1 heterocycles. The summed E-state index contributed by atoms with van der Waals surface area (Å²) < 4.78 is 0. The Hall–Kier alpha value is -1.39. The molecule has 1 aromatic rings. The Kier molecular flexibility index (Phi) is 7.66. The van der Waals surface area contributed by atoms with Gasteiger partial charge in [0, 0.05) is 37.5 Å². The van der Waals surface area contributed by atoms with Crippen molar-refractivity contribution in [3.63, 3.8) is 0 Å². The molecular weight excluding hydrogens is 348 g/mol. The van der Waals surface area contributed by atoms with Crippen molar-refractivity contribution < 1.29 is 9.59 Å². The number of fused-ring (bicyclic) bond motifs is 1. The molecule has 1 aliphatic carbocycles. The van der Waals surface area contributed by atoms with Gasteiger partial charge in [-0.3, -0.25) is 9.59 Å². The highest BCUT2D eigenvalue weighted by Crippen LogP contribution is 2.23. The van der Waals surface area contributed by atoms with Crippen LogP contribution in [0.1, 0.15) is 66.9 Å². The molecule has 2 N–H and O–H groups in total. The molecule has 26 heavy (non-hydrogen) atoms. The lowest BCUT2D eigenvalue weighted by Gasteiger charge is -2.33. The molecule has 1 aromatic carbocycles. The van der Waals surface area contributed by atoms with Crippen molar-refractivity contribution in [2.24, 2.45) is 11.7 Å². The number of hydrogen-bond acceptors (Lipinski definition) is 3. The zero-order chi connectivity index (χ0) is 17.8. The van der Waals surface area contributed by atoms with E-state index in [-0.39, 0.29) is 30.1 Å². The number of benzene rings is 1. The number of Topliss-reactive ketones (excluding diaryl/α,β-unsaturated/α-hetero) is 1. The second-order valence-corrected chi connectivity index (χ2v) is 7.69. The molecule has 2 aliphatic rings. The number of rotatable bonds is 5. The Morgan fingerprint density at radius 2 is 1.77 bits per heavy atom. The molecule has 1 atom stereocenters. The molecule has 144 valence electrons. The van der Waals surface area contributed by atoms with Crippen molar-refractivity contribution in [3.8, 4) is 0 Å². The summed E-state index contributed by atoms with van der Waals surface area (Å²) in [5.41, 5.74) is 9.43. The van der Waals surface area contributed by atoms with E-state index in [1.54, 1.807) is 0 Å². The third-order valence-corrected chi connectivity index (χ3v) is 5.87. The largest absolute Gasteiger partial charge is 0.343 e. The summed E-state index contributed by atoms with van der Waals surface area (Å²) >= 11 is 0. The lowest BCUT2D eigenvalue weighted by Crippen LogP contribution is -2.42. The van der Waals surface area contributed by atoms with Gasteiger partial charge in [-0.15, -0.1) is 12.4 Å². The standard InChI is InChI=1S/C21H30N2O2.ClH/c1-15(22)16-10-12-23(13-11-16)21(25)9-8-20(24)19-7-6-17-4-2-3-5-18(17)14-19;/h6-7,14-16H,2-5,8-13,22H2,1H3;1H. The highest BCUT2D eigenvalue weighted by atomic mass is 35.5. The minimum atomic E-state index is 0. The summed E-state index contributed by atoms with van der Waals surface area (Å²) in [7, 11) is 0. The van der Waals surface area contributed by atoms with Crippen molar-refractivity contribution >= 4 is 24.1 Å². The molecule has 1 saturated heterocycles. The number of halogens is 1. The zero-order valence-corrected chi connectivity index (χ0v) is 16.5. The van der Waals surface area contributed by atoms with Crippen LogP contribution in [0.25, 0.3) is 0 Å². The van der Waals surface area contributed by atoms with Crippen LogP contribution in [-0.4, -0.2) is 35.7 Å². The summed E-state index contributed by atoms with van der Waals surface area (Å²) in [5, 5.41) is 0. The Bertz CT molecular complexity index is 637. The highest BCUT2D eigenvalue weighted by Gasteiger charge is 2.25. The van der Waals surface area contributed by atoms with Crippen molar-refractivity contribution in [2.45, 2.75) is 64.3 Å². The van der Waals surface area contributed by atoms with Crippen LogP contribution in [0.15, 0.2) is 18.2 Å². The monoisotopic (exact) mass is 378 g/mol. The predicted octanol–water partition coefficient (Wildman–Crippen LogP) is 3.54. The normalized spacial score (nSPS) is 18.6. The van der Waals surface area contributed by atoms with Gasteiger partial charge in [0.2, 0.25) is 5.91 Å². The summed E-state index contributed by atoms with van der Waals surface area (Å²) in [6.45, 7) is 3.59. The Balaban J connectivity index is 0.00000243. The van der Waals surface area contributed by atoms with Crippen molar-refractivity contribution in [3.05, 3.63) is 34.9 Å². The maximum absolute atomic E-state index is 12.5. The molecule has 0 bridgehead atoms. The van der Waals surface area contributed by atoms with Crippen LogP contribution < -0.4 is 5.73 Å². The SMILES string of the molecule is CC(N)C1CCN(C(=O)CCC(=O)c2ccc3c(c2)CCCC3)CC1.Cl. The summed E-state index contributed by atoms with van der Waals surface area (Å²) in [4.78, 5) is 26.8. The predicted molar refractivity (Wildman–Crippen MR) is 107 cm³/mol. The zero-order valence-electron chi connectivity index (χ0n) is 15.7. The number of aryl methyl sites for hydroxylation is 2. The average Bonchev–Trinajstić information content (AvgIpc) is 2.65. The number of hydrogen-bond donors (Lipinski definition) is 1. The highest BCUT2D eigenvalue weighted by molar-refractivity contribution is 5.98. The van der Waals surface area contributed by atoms with Gasteiger partial charge >= 0.3 is 0 Å². The van der Waals surface area contributed by atoms with Crippen LogP contribution in [0.5, 0.6) is 0 Å². The minimum absolute atomic E-state index is 0. The number of carbonyl (C=O) groups excluding carboxylic acids is 2. The Morgan fingerprint density at radius 3 is 2.42 bits per heavy atom. The van der Waals surface area contributed by atoms with Gasteiger partial charge in [0.1, 0.15) is 0 Å². The fourth-order valence-corrected chi connectivity index (χ4v) is 4.10. The van der Waals surface area contributed by atoms with E-state index in [1.165, 1.54) is 24.0 Å². The van der Waals surface area contributed by atoms with Crippen molar-refractivity contribution in [1.29, 1.82) is 0 Å². The number of nitrogens with zero attached hydrogens (tertiary/aromatic N) is 1. The van der Waals surface area contributed by atoms with E-state index in [0.717, 1.165) is 44.3 Å². The molecule has 1 amide bonds. The van der Waals surface area contributed by atoms with Crippen LogP contribution in [0, 0.1) is 5.92 Å². The minimum Gasteiger partial charge on any atom is -0.343 e. The van der Waals surface area contributed by atoms with Crippen LogP contribution in [0.4, 0.5) is 0 Å². The van der Waals surface area contributed by atoms with E-state index in [0.29, 0.717) is 18.8 Å². The van der Waals surface area contributed by atoms with Crippen molar-refractivity contribution in [2.75, 3.05) is 13.1 Å². The first kappa shape index (κ1) is 20.9. The van der Waals surface area contributed by atoms with E-state index in [4.69, 9.17) is 5.73 Å². The Morgan fingerprint density at radius 1 is 1.12 bits per heavy atom. The lowest BCUT2D eigenvalue weighted by molar-refractivity contribution is -0.132. The van der Waals surface area contributed by atoms with Gasteiger partial charge in [-0.1, -0.05) is 12.1 Å². The topological polar surface area (TPSA) is 63.4 Å². The van der Waals surface area contributed by atoms with E-state index in [9.17, 15) is 9.59 Å². The molecule has 0 radical (unpaired) electrons. The van der Waals surface area contributed by atoms with Crippen LogP contribution in [0.3, 0.4) is 0 Å². The number of ketones is 1. The second-order valence-electron chi connectivity index (χ2n) is 7.69. The molecule has 0 spiro atoms. The lowest BCUT2D eigenvalue weighted by atomic mass is 9.89. The van der Waals surface area contributed by atoms with E-state index in [2.05, 4.69) is 12.1 Å². The van der Waals surface area contributed by atoms with E-state index in [1.807, 2.05) is 17.9 Å². The number of likely N-dealkylation sites (tertiary alicyclic amines) is 1. The molecule has 1 aliphatic heterocycles. The van der Waals surface area contributed by atoms with Gasteiger partial charge in [-0.25, -0.2) is 0 Å². The number of amides is 1. The summed E-state index contributed by atoms with van der Waals surface area (Å²) in [6, 6.07) is 6.28. The third-order valence-electron chi connectivity index (χ3n) is 5.87. The fourth-order valence-electron chi connectivity index (χ4n) is 4.10. The second kappa shape index (κ2) is 9.52. The molecule has 0 saturated carbocycles. The molecular formula is C21H31ClN2O2. The van der Waals surface area contributed by atoms with E-state index >= 15 is 0 Å². The van der Waals surface area contributed by atoms with Crippen LogP contribution >= 0.6 is 12.4 Å². The molecule has 3 rings (SSSR count). The third kappa shape index (κ3) is 5.08. The average molecular weight is 379 g/mol. The van der Waals surface area contributed by atoms with Gasteiger partial charge in [0.25, 0.3) is 0 Å². The number of carbonyl (C=O) groups is 2. The van der Waals surface area contributed by atoms with Gasteiger partial charge in [0.05, 0.1) is 0 Å². The summed E-state index contributed by atoms with van der Waals surface area (Å²) in [5.74, 6) is 0.711. The van der Waals surface area contributed by atoms with Gasteiger partial charge in [0.15, 0.2) is 5.78 Å². The first-order valence-corrected chi connectivity index (χ1v) is 9.73. The Labute approximate surface area is 162 Å². The summed E-state index contributed by atoms with van der Waals surface area (Å²) in [6.07, 6.45) is 7.23. The fraction of sp³-hybridized carbons (Fsp3) is 0.619. The van der Waals surface area contributed by atoms with Gasteiger partial charge < -0.3 is 10.6 Å². The molecule has 0 aromatic heterocycles. The van der Waals surface area contributed by atoms with Gasteiger partial charge in [-0.05, 0) is 68.6 Å². The molecule has 5 heteroatoms. The molecule has 1 unspecified atom stereocenters. The quantitative estimate of drug-likeness (QED) is 0.797. The maximum atomic E-state index is 12.5. The van der Waals surface area contributed by atoms with E-state index < -0.39 is 0 Å². The van der Waals surface area contributed by atoms with Crippen LogP contribution in [0.2, 0.25) is 0 Å².